The van der Waals surface area contributed by atoms with E-state index in [-0.39, 0.29) is 40.6 Å². The maximum Gasteiger partial charge on any atom is 0.355 e. The molecule has 14 nitrogen and oxygen atoms in total. The van der Waals surface area contributed by atoms with Crippen LogP contribution in [0.5, 0.6) is 0 Å². The molecule has 0 radical (unpaired) electrons. The number of nitro benzene ring substituents is 1. The molecule has 1 saturated heterocycles. The zero-order valence-electron chi connectivity index (χ0n) is 22.1. The van der Waals surface area contributed by atoms with Crippen molar-refractivity contribution in [3.8, 4) is 0 Å². The Morgan fingerprint density at radius 2 is 1.98 bits per heavy atom. The first-order chi connectivity index (χ1) is 20.4. The first kappa shape index (κ1) is 29.2. The summed E-state index contributed by atoms with van der Waals surface area (Å²) in [5, 5.41) is 21.4. The van der Waals surface area contributed by atoms with Gasteiger partial charge in [0.1, 0.15) is 35.5 Å². The van der Waals surface area contributed by atoms with Crippen molar-refractivity contribution in [2.75, 3.05) is 11.1 Å². The summed E-state index contributed by atoms with van der Waals surface area (Å²) in [5.41, 5.74) is 0.594. The van der Waals surface area contributed by atoms with E-state index in [0.717, 1.165) is 43.4 Å². The number of aromatic nitrogens is 1. The lowest BCUT2D eigenvalue weighted by Crippen LogP contribution is -2.70. The number of thiazole rings is 1. The molecule has 1 aliphatic carbocycles. The van der Waals surface area contributed by atoms with E-state index in [2.05, 4.69) is 20.8 Å². The van der Waals surface area contributed by atoms with E-state index < -0.39 is 34.1 Å². The fraction of sp³-hybridized carbons (Fsp3) is 0.385. The van der Waals surface area contributed by atoms with Crippen molar-refractivity contribution in [2.45, 2.75) is 56.2 Å². The number of nitrogens with zero attached hydrogens (tertiary/aromatic N) is 4. The normalized spacial score (nSPS) is 20.5. The Bertz CT molecular complexity index is 1440. The van der Waals surface area contributed by atoms with Crippen LogP contribution in [0, 0.1) is 10.1 Å². The highest BCUT2D eigenvalue weighted by Gasteiger charge is 2.53. The second kappa shape index (κ2) is 13.1. The van der Waals surface area contributed by atoms with E-state index in [1.807, 2.05) is 0 Å². The van der Waals surface area contributed by atoms with Crippen molar-refractivity contribution in [2.24, 2.45) is 5.16 Å². The summed E-state index contributed by atoms with van der Waals surface area (Å²) < 4.78 is 5.35. The van der Waals surface area contributed by atoms with Gasteiger partial charge in [-0.05, 0) is 49.5 Å². The molecular formula is C26H26N6O8S2. The van der Waals surface area contributed by atoms with Crippen molar-refractivity contribution >= 4 is 63.8 Å². The van der Waals surface area contributed by atoms with Gasteiger partial charge in [0, 0.05) is 23.3 Å². The lowest BCUT2D eigenvalue weighted by molar-refractivity contribution is -0.384. The molecule has 1 aromatic heterocycles. The molecule has 1 saturated carbocycles. The lowest BCUT2D eigenvalue weighted by atomic mass is 9.98. The molecule has 16 heteroatoms. The molecule has 5 rings (SSSR count). The Labute approximate surface area is 247 Å². The maximum atomic E-state index is 13.4. The van der Waals surface area contributed by atoms with Crippen LogP contribution in [0.15, 0.2) is 46.6 Å². The van der Waals surface area contributed by atoms with Crippen LogP contribution in [-0.2, 0) is 35.4 Å². The number of non-ortho nitro benzene ring substituents is 1. The van der Waals surface area contributed by atoms with Crippen LogP contribution in [0.2, 0.25) is 0 Å². The topological polar surface area (TPSA) is 182 Å². The van der Waals surface area contributed by atoms with Gasteiger partial charge in [0.25, 0.3) is 17.5 Å². The number of benzene rings is 1. The quantitative estimate of drug-likeness (QED) is 0.0953. The second-order valence-corrected chi connectivity index (χ2v) is 11.6. The number of hydrogen-bond donors (Lipinski definition) is 2. The van der Waals surface area contributed by atoms with E-state index >= 15 is 0 Å². The highest BCUT2D eigenvalue weighted by atomic mass is 32.2. The third-order valence-corrected chi connectivity index (χ3v) is 8.81. The number of rotatable bonds is 11. The summed E-state index contributed by atoms with van der Waals surface area (Å²) in [6, 6.07) is 4.66. The molecule has 1 aromatic carbocycles. The first-order valence-corrected chi connectivity index (χ1v) is 15.0. The molecule has 0 bridgehead atoms. The lowest BCUT2D eigenvalue weighted by Gasteiger charge is -2.48. The maximum absolute atomic E-state index is 13.4. The smallest absolute Gasteiger partial charge is 0.355 e. The van der Waals surface area contributed by atoms with Crippen LogP contribution in [0.3, 0.4) is 0 Å². The van der Waals surface area contributed by atoms with Gasteiger partial charge in [-0.3, -0.25) is 29.4 Å². The van der Waals surface area contributed by atoms with Gasteiger partial charge in [0.15, 0.2) is 10.8 Å². The number of nitro groups is 1. The number of β-lactam (4-membered cyclic amide) rings is 1. The van der Waals surface area contributed by atoms with Gasteiger partial charge in [-0.15, -0.1) is 23.1 Å². The Balaban J connectivity index is 1.23. The fourth-order valence-corrected chi connectivity index (χ4v) is 6.53. The molecular weight excluding hydrogens is 588 g/mol. The third-order valence-electron chi connectivity index (χ3n) is 6.85. The standard InChI is InChI=1S/C26H26N6O8S2/c33-14-27-26-28-18(13-42-26)20(30-40-17-4-2-1-3-5-17)22(34)29-21-23(35)31-19(10-11-41-24(21)31)25(36)39-12-15-6-8-16(9-7-15)32(37)38/h6-10,13-14,17,21,24H,1-5,11-12H2,(H,29,34)(H,27,28,33)/t21?,24-/m1/s1. The summed E-state index contributed by atoms with van der Waals surface area (Å²) in [6.07, 6.45) is 6.68. The number of hydrogen-bond acceptors (Lipinski definition) is 12. The highest BCUT2D eigenvalue weighted by molar-refractivity contribution is 8.00. The molecule has 220 valence electrons. The second-order valence-electron chi connectivity index (χ2n) is 9.58. The zero-order chi connectivity index (χ0) is 29.6. The van der Waals surface area contributed by atoms with E-state index in [0.29, 0.717) is 17.7 Å². The number of esters is 1. The van der Waals surface area contributed by atoms with Crippen LogP contribution in [0.1, 0.15) is 43.4 Å². The average Bonchev–Trinajstić information content (AvgIpc) is 3.47. The van der Waals surface area contributed by atoms with Crippen LogP contribution in [-0.4, -0.2) is 68.0 Å². The number of fused-ring (bicyclic) bond motifs is 1. The molecule has 3 heterocycles. The summed E-state index contributed by atoms with van der Waals surface area (Å²) in [6.45, 7) is -0.135. The van der Waals surface area contributed by atoms with Crippen LogP contribution < -0.4 is 10.6 Å². The minimum atomic E-state index is -0.931. The Hall–Kier alpha value is -4.31. The number of ether oxygens (including phenoxy) is 1. The van der Waals surface area contributed by atoms with Gasteiger partial charge in [0.2, 0.25) is 6.41 Å². The molecule has 42 heavy (non-hydrogen) atoms. The van der Waals surface area contributed by atoms with E-state index in [9.17, 15) is 29.3 Å². The molecule has 3 aliphatic rings. The number of nitrogens with one attached hydrogen (secondary N) is 2. The molecule has 2 aliphatic heterocycles. The van der Waals surface area contributed by atoms with Crippen molar-refractivity contribution in [3.63, 3.8) is 0 Å². The first-order valence-electron chi connectivity index (χ1n) is 13.1. The number of carbonyl (C=O) groups excluding carboxylic acids is 4. The van der Waals surface area contributed by atoms with Crippen molar-refractivity contribution < 1.29 is 33.7 Å². The predicted molar refractivity (Wildman–Crippen MR) is 152 cm³/mol. The van der Waals surface area contributed by atoms with Crippen LogP contribution in [0.25, 0.3) is 0 Å². The number of carbonyl (C=O) groups is 4. The van der Waals surface area contributed by atoms with Gasteiger partial charge in [-0.25, -0.2) is 9.78 Å². The number of thioether (sulfide) groups is 1. The predicted octanol–water partition coefficient (Wildman–Crippen LogP) is 2.70. The SMILES string of the molecule is O=CNc1nc(C(=NOC2CCCCC2)C(=O)NC2C(=O)N3C(C(=O)OCc4ccc([N+](=O)[O-])cc4)=CCS[C@H]23)cs1. The molecule has 1 unspecified atom stereocenters. The van der Waals surface area contributed by atoms with Gasteiger partial charge < -0.3 is 20.2 Å². The minimum Gasteiger partial charge on any atom is -0.456 e. The van der Waals surface area contributed by atoms with Crippen molar-refractivity contribution in [1.82, 2.24) is 15.2 Å². The van der Waals surface area contributed by atoms with Gasteiger partial charge >= 0.3 is 5.97 Å². The highest BCUT2D eigenvalue weighted by Crippen LogP contribution is 2.38. The molecule has 0 spiro atoms. The van der Waals surface area contributed by atoms with Gasteiger partial charge in [-0.1, -0.05) is 11.6 Å². The van der Waals surface area contributed by atoms with Crippen LogP contribution >= 0.6 is 23.1 Å². The Kier molecular flexibility index (Phi) is 9.12. The largest absolute Gasteiger partial charge is 0.456 e. The number of anilines is 1. The van der Waals surface area contributed by atoms with Crippen LogP contribution in [0.4, 0.5) is 10.8 Å². The number of amides is 3. The van der Waals surface area contributed by atoms with Crippen molar-refractivity contribution in [3.05, 3.63) is 62.8 Å². The summed E-state index contributed by atoms with van der Waals surface area (Å²) in [4.78, 5) is 71.7. The zero-order valence-corrected chi connectivity index (χ0v) is 23.7. The molecule has 2 fully saturated rings. The summed E-state index contributed by atoms with van der Waals surface area (Å²) in [5.74, 6) is -1.49. The van der Waals surface area contributed by atoms with Crippen molar-refractivity contribution in [1.29, 1.82) is 0 Å². The van der Waals surface area contributed by atoms with E-state index in [4.69, 9.17) is 9.57 Å². The molecule has 2 aromatic rings. The van der Waals surface area contributed by atoms with E-state index in [1.165, 1.54) is 40.9 Å². The molecule has 2 N–H and O–H groups in total. The Morgan fingerprint density at radius 3 is 2.69 bits per heavy atom. The molecule has 2 atom stereocenters. The average molecular weight is 615 g/mol. The minimum absolute atomic E-state index is 0.0646. The van der Waals surface area contributed by atoms with Gasteiger partial charge in [0.05, 0.1) is 4.92 Å². The molecule has 3 amide bonds. The van der Waals surface area contributed by atoms with Gasteiger partial charge in [-0.2, -0.15) is 0 Å². The Morgan fingerprint density at radius 1 is 1.21 bits per heavy atom. The number of oxime groups is 1. The fourth-order valence-electron chi connectivity index (χ4n) is 4.68. The summed E-state index contributed by atoms with van der Waals surface area (Å²) >= 11 is 2.48. The van der Waals surface area contributed by atoms with E-state index in [1.54, 1.807) is 11.5 Å². The summed E-state index contributed by atoms with van der Waals surface area (Å²) in [7, 11) is 0. The third kappa shape index (κ3) is 6.44. The monoisotopic (exact) mass is 614 g/mol.